The molecule has 0 bridgehead atoms. The molecule has 0 radical (unpaired) electrons. The number of aliphatic carboxylic acids is 1. The van der Waals surface area contributed by atoms with Gasteiger partial charge >= 0.3 is 12.1 Å². The SMILES string of the molecule is Cc1nsc(N2C[C@@H](C(F)(F)F)[C@H](C(=O)O)C2)c1C#N. The third-order valence-electron chi connectivity index (χ3n) is 3.30. The van der Waals surface area contributed by atoms with Crippen molar-refractivity contribution in [1.82, 2.24) is 4.37 Å². The summed E-state index contributed by atoms with van der Waals surface area (Å²) in [6.07, 6.45) is -4.58. The zero-order chi connectivity index (χ0) is 15.1. The second-order valence-corrected chi connectivity index (χ2v) is 5.31. The van der Waals surface area contributed by atoms with Gasteiger partial charge < -0.3 is 10.0 Å². The molecule has 1 saturated heterocycles. The number of carboxylic acids is 1. The molecule has 1 fully saturated rings. The lowest BCUT2D eigenvalue weighted by Crippen LogP contribution is -2.33. The molecule has 9 heteroatoms. The number of anilines is 1. The van der Waals surface area contributed by atoms with Crippen LogP contribution in [0.15, 0.2) is 0 Å². The van der Waals surface area contributed by atoms with E-state index in [-0.39, 0.29) is 12.1 Å². The second-order valence-electron chi connectivity index (χ2n) is 4.56. The van der Waals surface area contributed by atoms with E-state index < -0.39 is 30.5 Å². The molecule has 108 valence electrons. The predicted octanol–water partition coefficient (Wildman–Crippen LogP) is 2.02. The first kappa shape index (κ1) is 14.6. The van der Waals surface area contributed by atoms with Crippen LogP contribution in [0.1, 0.15) is 11.3 Å². The van der Waals surface area contributed by atoms with E-state index in [9.17, 15) is 18.0 Å². The standard InChI is InChI=1S/C11H10F3N3O2S/c1-5-6(2-15)9(20-16-5)17-3-7(10(18)19)8(4-17)11(12,13)14/h7-8H,3-4H2,1H3,(H,18,19)/t7-,8-/m1/s1. The van der Waals surface area contributed by atoms with Gasteiger partial charge in [-0.2, -0.15) is 22.8 Å². The normalized spacial score (nSPS) is 22.9. The average molecular weight is 305 g/mol. The Morgan fingerprint density at radius 3 is 2.65 bits per heavy atom. The second kappa shape index (κ2) is 4.94. The summed E-state index contributed by atoms with van der Waals surface area (Å²) in [5.41, 5.74) is 0.650. The fourth-order valence-corrected chi connectivity index (χ4v) is 3.12. The molecule has 1 N–H and O–H groups in total. The topological polar surface area (TPSA) is 77.2 Å². The Hall–Kier alpha value is -1.82. The Balaban J connectivity index is 2.33. The third-order valence-corrected chi connectivity index (χ3v) is 4.30. The minimum absolute atomic E-state index is 0.210. The number of nitrogens with zero attached hydrogens (tertiary/aromatic N) is 3. The molecule has 2 rings (SSSR count). The number of carbonyl (C=O) groups is 1. The Labute approximate surface area is 116 Å². The number of alkyl halides is 3. The van der Waals surface area contributed by atoms with Crippen LogP contribution in [0.25, 0.3) is 0 Å². The van der Waals surface area contributed by atoms with E-state index in [4.69, 9.17) is 10.4 Å². The van der Waals surface area contributed by atoms with Gasteiger partial charge in [-0.3, -0.25) is 4.79 Å². The first-order valence-electron chi connectivity index (χ1n) is 5.66. The first-order chi connectivity index (χ1) is 9.25. The Bertz CT molecular complexity index is 578. The van der Waals surface area contributed by atoms with E-state index in [0.717, 1.165) is 11.5 Å². The van der Waals surface area contributed by atoms with Crippen LogP contribution >= 0.6 is 11.5 Å². The summed E-state index contributed by atoms with van der Waals surface area (Å²) in [6, 6.07) is 1.90. The summed E-state index contributed by atoms with van der Waals surface area (Å²) in [5.74, 6) is -4.94. The molecule has 0 aliphatic carbocycles. The highest BCUT2D eigenvalue weighted by Gasteiger charge is 2.53. The molecule has 0 unspecified atom stereocenters. The Morgan fingerprint density at radius 1 is 1.55 bits per heavy atom. The predicted molar refractivity (Wildman–Crippen MR) is 64.4 cm³/mol. The van der Waals surface area contributed by atoms with Crippen molar-refractivity contribution in [3.63, 3.8) is 0 Å². The summed E-state index contributed by atoms with van der Waals surface area (Å²) in [7, 11) is 0. The molecular formula is C11H10F3N3O2S. The third kappa shape index (κ3) is 2.43. The molecule has 2 atom stereocenters. The molecule has 1 aromatic heterocycles. The lowest BCUT2D eigenvalue weighted by molar-refractivity contribution is -0.187. The van der Waals surface area contributed by atoms with Crippen LogP contribution in [0.5, 0.6) is 0 Å². The minimum atomic E-state index is -4.58. The number of hydrogen-bond donors (Lipinski definition) is 1. The smallest absolute Gasteiger partial charge is 0.394 e. The van der Waals surface area contributed by atoms with Crippen LogP contribution in [0.4, 0.5) is 18.2 Å². The van der Waals surface area contributed by atoms with Crippen LogP contribution in [0.2, 0.25) is 0 Å². The minimum Gasteiger partial charge on any atom is -0.481 e. The number of halogens is 3. The number of rotatable bonds is 2. The van der Waals surface area contributed by atoms with Crippen molar-refractivity contribution in [2.24, 2.45) is 11.8 Å². The van der Waals surface area contributed by atoms with Crippen molar-refractivity contribution >= 4 is 22.5 Å². The molecule has 0 aromatic carbocycles. The zero-order valence-electron chi connectivity index (χ0n) is 10.3. The van der Waals surface area contributed by atoms with Crippen LogP contribution in [-0.4, -0.2) is 34.7 Å². The molecule has 20 heavy (non-hydrogen) atoms. The quantitative estimate of drug-likeness (QED) is 0.904. The van der Waals surface area contributed by atoms with Crippen molar-refractivity contribution in [3.05, 3.63) is 11.3 Å². The summed E-state index contributed by atoms with van der Waals surface area (Å²) in [6.45, 7) is 0.858. The molecular weight excluding hydrogens is 295 g/mol. The number of aryl methyl sites for hydroxylation is 1. The van der Waals surface area contributed by atoms with Gasteiger partial charge in [-0.1, -0.05) is 0 Å². The van der Waals surface area contributed by atoms with Crippen LogP contribution in [0.3, 0.4) is 0 Å². The number of nitriles is 1. The maximum absolute atomic E-state index is 12.9. The van der Waals surface area contributed by atoms with Gasteiger partial charge in [0.15, 0.2) is 0 Å². The fourth-order valence-electron chi connectivity index (χ4n) is 2.25. The van der Waals surface area contributed by atoms with Gasteiger partial charge in [-0.05, 0) is 18.5 Å². The van der Waals surface area contributed by atoms with E-state index in [1.807, 2.05) is 6.07 Å². The monoisotopic (exact) mass is 305 g/mol. The van der Waals surface area contributed by atoms with Crippen LogP contribution in [0, 0.1) is 30.1 Å². The van der Waals surface area contributed by atoms with Crippen molar-refractivity contribution in [1.29, 1.82) is 5.26 Å². The van der Waals surface area contributed by atoms with Crippen molar-refractivity contribution < 1.29 is 23.1 Å². The summed E-state index contributed by atoms with van der Waals surface area (Å²) in [4.78, 5) is 12.3. The van der Waals surface area contributed by atoms with E-state index >= 15 is 0 Å². The largest absolute Gasteiger partial charge is 0.481 e. The van der Waals surface area contributed by atoms with E-state index in [1.165, 1.54) is 4.90 Å². The van der Waals surface area contributed by atoms with Gasteiger partial charge in [0.2, 0.25) is 0 Å². The number of aromatic nitrogens is 1. The van der Waals surface area contributed by atoms with Gasteiger partial charge in [0, 0.05) is 13.1 Å². The van der Waals surface area contributed by atoms with Gasteiger partial charge in [0.05, 0.1) is 17.5 Å². The fraction of sp³-hybridized carbons (Fsp3) is 0.545. The van der Waals surface area contributed by atoms with Crippen molar-refractivity contribution in [2.75, 3.05) is 18.0 Å². The highest BCUT2D eigenvalue weighted by Crippen LogP contribution is 2.41. The Kier molecular flexibility index (Phi) is 3.60. The highest BCUT2D eigenvalue weighted by atomic mass is 32.1. The van der Waals surface area contributed by atoms with Gasteiger partial charge in [0.25, 0.3) is 0 Å². The van der Waals surface area contributed by atoms with Crippen molar-refractivity contribution in [2.45, 2.75) is 13.1 Å². The number of hydrogen-bond acceptors (Lipinski definition) is 5. The molecule has 1 aliphatic rings. The maximum atomic E-state index is 12.9. The van der Waals surface area contributed by atoms with E-state index in [2.05, 4.69) is 4.37 Å². The molecule has 2 heterocycles. The molecule has 0 spiro atoms. The lowest BCUT2D eigenvalue weighted by atomic mass is 9.96. The van der Waals surface area contributed by atoms with Gasteiger partial charge in [0.1, 0.15) is 16.6 Å². The molecule has 1 aromatic rings. The molecule has 0 amide bonds. The maximum Gasteiger partial charge on any atom is 0.394 e. The van der Waals surface area contributed by atoms with Crippen LogP contribution < -0.4 is 4.90 Å². The number of carboxylic acid groups (broad SMARTS) is 1. The molecule has 5 nitrogen and oxygen atoms in total. The Morgan fingerprint density at radius 2 is 2.20 bits per heavy atom. The van der Waals surface area contributed by atoms with Gasteiger partial charge in [-0.25, -0.2) is 0 Å². The summed E-state index contributed by atoms with van der Waals surface area (Å²) < 4.78 is 42.6. The van der Waals surface area contributed by atoms with Gasteiger partial charge in [-0.15, -0.1) is 0 Å². The highest BCUT2D eigenvalue weighted by molar-refractivity contribution is 7.10. The molecule has 1 aliphatic heterocycles. The van der Waals surface area contributed by atoms with E-state index in [1.54, 1.807) is 6.92 Å². The molecule has 0 saturated carbocycles. The average Bonchev–Trinajstić information content (AvgIpc) is 2.91. The summed E-state index contributed by atoms with van der Waals surface area (Å²) in [5, 5.41) is 18.2. The summed E-state index contributed by atoms with van der Waals surface area (Å²) >= 11 is 0.918. The lowest BCUT2D eigenvalue weighted by Gasteiger charge is -2.18. The van der Waals surface area contributed by atoms with Crippen molar-refractivity contribution in [3.8, 4) is 6.07 Å². The van der Waals surface area contributed by atoms with Crippen LogP contribution in [-0.2, 0) is 4.79 Å². The van der Waals surface area contributed by atoms with E-state index in [0.29, 0.717) is 10.7 Å². The first-order valence-corrected chi connectivity index (χ1v) is 6.44. The zero-order valence-corrected chi connectivity index (χ0v) is 11.1.